The summed E-state index contributed by atoms with van der Waals surface area (Å²) in [5.41, 5.74) is 10.2. The predicted molar refractivity (Wildman–Crippen MR) is 202 cm³/mol. The van der Waals surface area contributed by atoms with Crippen LogP contribution in [0.4, 0.5) is 0 Å². The van der Waals surface area contributed by atoms with Crippen molar-refractivity contribution in [1.29, 1.82) is 0 Å². The van der Waals surface area contributed by atoms with Gasteiger partial charge in [-0.2, -0.15) is 0 Å². The molecule has 0 bridgehead atoms. The summed E-state index contributed by atoms with van der Waals surface area (Å²) in [4.78, 5) is 20.3. The highest BCUT2D eigenvalue weighted by atomic mass is 16.3. The summed E-state index contributed by atoms with van der Waals surface area (Å²) in [7, 11) is 0. The molecule has 9 aromatic rings. The minimum Gasteiger partial charge on any atom is -0.435 e. The zero-order valence-corrected chi connectivity index (χ0v) is 27.6. The highest BCUT2D eigenvalue weighted by molar-refractivity contribution is 6.10. The van der Waals surface area contributed by atoms with Gasteiger partial charge in [0.05, 0.1) is 0 Å². The van der Waals surface area contributed by atoms with Crippen LogP contribution in [0.2, 0.25) is 0 Å². The summed E-state index contributed by atoms with van der Waals surface area (Å²) in [5, 5.41) is 4.27. The smallest absolute Gasteiger partial charge is 0.227 e. The molecule has 50 heavy (non-hydrogen) atoms. The molecular weight excluding hydrogens is 613 g/mol. The first-order valence-corrected chi connectivity index (χ1v) is 16.9. The third-order valence-corrected chi connectivity index (χ3v) is 10.1. The van der Waals surface area contributed by atoms with Crippen LogP contribution < -0.4 is 0 Å². The molecule has 0 N–H and O–H groups in total. The molecule has 1 aliphatic rings. The van der Waals surface area contributed by atoms with Gasteiger partial charge in [0, 0.05) is 33.1 Å². The zero-order chi connectivity index (χ0) is 33.4. The van der Waals surface area contributed by atoms with Crippen molar-refractivity contribution in [1.82, 2.24) is 19.9 Å². The Morgan fingerprint density at radius 1 is 0.440 bits per heavy atom. The Balaban J connectivity index is 1.17. The summed E-state index contributed by atoms with van der Waals surface area (Å²) in [6.45, 7) is 4.58. The SMILES string of the molecule is CC1(C)c2ccccc2-c2ccc(-c3nc(-c4ccccc4)nc(-c4cccc5ccc6nc(-c7ccc8ccccc8c7)oc6c45)n3)cc21. The number of hydrogen-bond acceptors (Lipinski definition) is 5. The Labute approximate surface area is 289 Å². The molecule has 0 saturated heterocycles. The Bertz CT molecular complexity index is 2800. The first-order valence-electron chi connectivity index (χ1n) is 16.9. The van der Waals surface area contributed by atoms with Crippen LogP contribution in [0.3, 0.4) is 0 Å². The van der Waals surface area contributed by atoms with Crippen molar-refractivity contribution in [3.05, 3.63) is 157 Å². The van der Waals surface area contributed by atoms with E-state index in [1.807, 2.05) is 48.5 Å². The van der Waals surface area contributed by atoms with Gasteiger partial charge in [-0.3, -0.25) is 0 Å². The third-order valence-electron chi connectivity index (χ3n) is 10.1. The van der Waals surface area contributed by atoms with Gasteiger partial charge in [-0.05, 0) is 62.7 Å². The van der Waals surface area contributed by atoms with E-state index in [4.69, 9.17) is 24.4 Å². The van der Waals surface area contributed by atoms with Crippen molar-refractivity contribution in [3.63, 3.8) is 0 Å². The van der Waals surface area contributed by atoms with Crippen molar-refractivity contribution in [2.45, 2.75) is 19.3 Å². The second kappa shape index (κ2) is 10.8. The highest BCUT2D eigenvalue weighted by Crippen LogP contribution is 2.49. The van der Waals surface area contributed by atoms with Gasteiger partial charge in [0.1, 0.15) is 5.52 Å². The summed E-state index contributed by atoms with van der Waals surface area (Å²) in [5.74, 6) is 2.41. The number of aromatic nitrogens is 4. The standard InChI is InChI=1S/C45H30N4O/c1-45(2)36-18-9-8-16-33(36)34-23-21-31(26-37(34)45)42-47-41(29-12-4-3-5-13-29)48-43(49-42)35-17-10-15-28-22-24-38-40(39(28)35)50-44(46-38)32-20-19-27-11-6-7-14-30(27)25-32/h3-26H,1-2H3. The fourth-order valence-electron chi connectivity index (χ4n) is 7.57. The maximum atomic E-state index is 6.63. The Kier molecular flexibility index (Phi) is 6.15. The van der Waals surface area contributed by atoms with E-state index in [0.29, 0.717) is 28.9 Å². The van der Waals surface area contributed by atoms with Crippen LogP contribution >= 0.6 is 0 Å². The normalized spacial score (nSPS) is 13.2. The van der Waals surface area contributed by atoms with E-state index < -0.39 is 0 Å². The van der Waals surface area contributed by atoms with Gasteiger partial charge in [0.25, 0.3) is 0 Å². The number of oxazole rings is 1. The van der Waals surface area contributed by atoms with Gasteiger partial charge in [-0.15, -0.1) is 0 Å². The lowest BCUT2D eigenvalue weighted by Crippen LogP contribution is -2.15. The summed E-state index contributed by atoms with van der Waals surface area (Å²) in [6, 6.07) is 50.4. The monoisotopic (exact) mass is 642 g/mol. The number of fused-ring (bicyclic) bond motifs is 7. The van der Waals surface area contributed by atoms with Crippen molar-refractivity contribution < 1.29 is 4.42 Å². The maximum Gasteiger partial charge on any atom is 0.227 e. The molecule has 2 aromatic heterocycles. The zero-order valence-electron chi connectivity index (χ0n) is 27.6. The van der Waals surface area contributed by atoms with Crippen molar-refractivity contribution in [2.24, 2.45) is 0 Å². The molecule has 10 rings (SSSR count). The third kappa shape index (κ3) is 4.40. The van der Waals surface area contributed by atoms with Crippen molar-refractivity contribution in [3.8, 4) is 56.7 Å². The second-order valence-corrected chi connectivity index (χ2v) is 13.5. The molecule has 0 saturated carbocycles. The van der Waals surface area contributed by atoms with E-state index in [1.165, 1.54) is 27.6 Å². The van der Waals surface area contributed by atoms with Gasteiger partial charge < -0.3 is 4.42 Å². The van der Waals surface area contributed by atoms with Crippen LogP contribution in [0, 0.1) is 0 Å². The molecule has 236 valence electrons. The van der Waals surface area contributed by atoms with Crippen LogP contribution in [-0.4, -0.2) is 19.9 Å². The van der Waals surface area contributed by atoms with Crippen LogP contribution in [0.5, 0.6) is 0 Å². The molecular formula is C45H30N4O. The molecule has 7 aromatic carbocycles. The number of benzene rings is 7. The van der Waals surface area contributed by atoms with Crippen molar-refractivity contribution >= 4 is 32.6 Å². The average Bonchev–Trinajstić information content (AvgIpc) is 3.71. The number of hydrogen-bond donors (Lipinski definition) is 0. The lowest BCUT2D eigenvalue weighted by molar-refractivity contribution is 0.623. The Hall–Kier alpha value is -6.46. The molecule has 0 unspecified atom stereocenters. The van der Waals surface area contributed by atoms with E-state index in [0.717, 1.165) is 43.9 Å². The molecule has 2 heterocycles. The predicted octanol–water partition coefficient (Wildman–Crippen LogP) is 11.3. The first kappa shape index (κ1) is 28.5. The molecule has 1 aliphatic carbocycles. The van der Waals surface area contributed by atoms with Crippen LogP contribution in [-0.2, 0) is 5.41 Å². The van der Waals surface area contributed by atoms with E-state index in [1.54, 1.807) is 0 Å². The topological polar surface area (TPSA) is 64.7 Å². The lowest BCUT2D eigenvalue weighted by atomic mass is 9.82. The fourth-order valence-corrected chi connectivity index (χ4v) is 7.57. The number of nitrogens with zero attached hydrogens (tertiary/aromatic N) is 4. The van der Waals surface area contributed by atoms with Gasteiger partial charge in [0.2, 0.25) is 5.89 Å². The molecule has 0 atom stereocenters. The highest BCUT2D eigenvalue weighted by Gasteiger charge is 2.35. The van der Waals surface area contributed by atoms with E-state index in [-0.39, 0.29) is 5.41 Å². The molecule has 0 aliphatic heterocycles. The van der Waals surface area contributed by atoms with E-state index in [2.05, 4.69) is 111 Å². The Morgan fingerprint density at radius 3 is 1.98 bits per heavy atom. The first-order chi connectivity index (χ1) is 24.5. The minimum atomic E-state index is -0.143. The number of rotatable bonds is 4. The summed E-state index contributed by atoms with van der Waals surface area (Å²) in [6.07, 6.45) is 0. The molecule has 0 fully saturated rings. The van der Waals surface area contributed by atoms with Crippen LogP contribution in [0.25, 0.3) is 89.4 Å². The quantitative estimate of drug-likeness (QED) is 0.191. The Morgan fingerprint density at radius 2 is 1.10 bits per heavy atom. The van der Waals surface area contributed by atoms with E-state index >= 15 is 0 Å². The average molecular weight is 643 g/mol. The van der Waals surface area contributed by atoms with Crippen molar-refractivity contribution in [2.75, 3.05) is 0 Å². The fraction of sp³-hybridized carbons (Fsp3) is 0.0667. The van der Waals surface area contributed by atoms with E-state index in [9.17, 15) is 0 Å². The second-order valence-electron chi connectivity index (χ2n) is 13.5. The van der Waals surface area contributed by atoms with Gasteiger partial charge in [-0.1, -0.05) is 135 Å². The largest absolute Gasteiger partial charge is 0.435 e. The molecule has 5 heteroatoms. The van der Waals surface area contributed by atoms with Gasteiger partial charge in [-0.25, -0.2) is 19.9 Å². The molecule has 0 amide bonds. The molecule has 0 radical (unpaired) electrons. The minimum absolute atomic E-state index is 0.143. The van der Waals surface area contributed by atoms with Crippen LogP contribution in [0.1, 0.15) is 25.0 Å². The maximum absolute atomic E-state index is 6.63. The summed E-state index contributed by atoms with van der Waals surface area (Å²) < 4.78 is 6.63. The van der Waals surface area contributed by atoms with Gasteiger partial charge >= 0.3 is 0 Å². The molecule has 5 nitrogen and oxygen atoms in total. The lowest BCUT2D eigenvalue weighted by Gasteiger charge is -2.21. The summed E-state index contributed by atoms with van der Waals surface area (Å²) >= 11 is 0. The molecule has 0 spiro atoms. The van der Waals surface area contributed by atoms with Gasteiger partial charge in [0.15, 0.2) is 23.1 Å². The van der Waals surface area contributed by atoms with Crippen LogP contribution in [0.15, 0.2) is 150 Å².